The van der Waals surface area contributed by atoms with Crippen molar-refractivity contribution >= 4 is 17.5 Å². The smallest absolute Gasteiger partial charge is 0.255 e. The number of Topliss-reactive ketones (excluding diaryl/α,β-unsaturated/α-hetero) is 1. The molecule has 0 spiro atoms. The Morgan fingerprint density at radius 3 is 2.70 bits per heavy atom. The SMILES string of the molecule is CC(C)CC(=O)[C@H]1CCCN(C(=O)c2ccc(NCC(C)(C)CO)nc2)C1. The lowest BCUT2D eigenvalue weighted by molar-refractivity contribution is -0.124. The highest BCUT2D eigenvalue weighted by Gasteiger charge is 2.29. The summed E-state index contributed by atoms with van der Waals surface area (Å²) in [6.07, 6.45) is 3.90. The van der Waals surface area contributed by atoms with Crippen LogP contribution in [0.1, 0.15) is 57.3 Å². The fourth-order valence-corrected chi connectivity index (χ4v) is 3.19. The molecule has 6 heteroatoms. The van der Waals surface area contributed by atoms with Crippen molar-refractivity contribution in [1.29, 1.82) is 0 Å². The van der Waals surface area contributed by atoms with Gasteiger partial charge in [-0.05, 0) is 30.9 Å². The van der Waals surface area contributed by atoms with Gasteiger partial charge in [-0.25, -0.2) is 4.98 Å². The van der Waals surface area contributed by atoms with E-state index < -0.39 is 0 Å². The van der Waals surface area contributed by atoms with Crippen molar-refractivity contribution in [3.8, 4) is 0 Å². The van der Waals surface area contributed by atoms with Crippen LogP contribution < -0.4 is 5.32 Å². The lowest BCUT2D eigenvalue weighted by Crippen LogP contribution is -2.42. The highest BCUT2D eigenvalue weighted by atomic mass is 16.3. The average molecular weight is 376 g/mol. The highest BCUT2D eigenvalue weighted by Crippen LogP contribution is 2.22. The molecule has 0 saturated carbocycles. The number of carbonyl (C=O) groups is 2. The molecule has 2 heterocycles. The normalized spacial score (nSPS) is 17.9. The quantitative estimate of drug-likeness (QED) is 0.730. The van der Waals surface area contributed by atoms with Gasteiger partial charge < -0.3 is 15.3 Å². The maximum atomic E-state index is 12.8. The number of likely N-dealkylation sites (tertiary alicyclic amines) is 1. The van der Waals surface area contributed by atoms with E-state index in [2.05, 4.69) is 10.3 Å². The maximum Gasteiger partial charge on any atom is 0.255 e. The van der Waals surface area contributed by atoms with Crippen LogP contribution in [-0.2, 0) is 4.79 Å². The summed E-state index contributed by atoms with van der Waals surface area (Å²) in [6, 6.07) is 3.55. The van der Waals surface area contributed by atoms with E-state index in [0.717, 1.165) is 12.8 Å². The maximum absolute atomic E-state index is 12.8. The van der Waals surface area contributed by atoms with E-state index in [1.54, 1.807) is 23.2 Å². The Kier molecular flexibility index (Phi) is 7.36. The third-order valence-electron chi connectivity index (χ3n) is 4.96. The molecule has 1 atom stereocenters. The van der Waals surface area contributed by atoms with E-state index in [1.807, 2.05) is 27.7 Å². The minimum absolute atomic E-state index is 0.0419. The van der Waals surface area contributed by atoms with Gasteiger partial charge in [0.2, 0.25) is 0 Å². The molecule has 150 valence electrons. The standard InChI is InChI=1S/C21H33N3O3/c1-15(2)10-18(26)17-6-5-9-24(12-17)20(27)16-7-8-19(22-11-16)23-13-21(3,4)14-25/h7-8,11,15,17,25H,5-6,9-10,12-14H2,1-4H3,(H,22,23)/t17-/m0/s1. The van der Waals surface area contributed by atoms with Crippen LogP contribution in [0.3, 0.4) is 0 Å². The zero-order valence-electron chi connectivity index (χ0n) is 17.0. The first-order valence-electron chi connectivity index (χ1n) is 9.84. The Hall–Kier alpha value is -1.95. The number of anilines is 1. The number of carbonyl (C=O) groups excluding carboxylic acids is 2. The molecule has 0 aromatic carbocycles. The average Bonchev–Trinajstić information content (AvgIpc) is 2.66. The van der Waals surface area contributed by atoms with E-state index in [0.29, 0.717) is 43.4 Å². The molecule has 2 rings (SSSR count). The number of nitrogens with zero attached hydrogens (tertiary/aromatic N) is 2. The Morgan fingerprint density at radius 2 is 2.11 bits per heavy atom. The van der Waals surface area contributed by atoms with E-state index in [9.17, 15) is 14.7 Å². The molecule has 1 aromatic rings. The minimum atomic E-state index is -0.235. The van der Waals surface area contributed by atoms with Crippen molar-refractivity contribution in [2.45, 2.75) is 47.0 Å². The Labute approximate surface area is 162 Å². The number of hydrogen-bond acceptors (Lipinski definition) is 5. The summed E-state index contributed by atoms with van der Waals surface area (Å²) in [6.45, 7) is 9.90. The number of rotatable bonds is 8. The molecular formula is C21H33N3O3. The first-order chi connectivity index (χ1) is 12.7. The summed E-state index contributed by atoms with van der Waals surface area (Å²) in [7, 11) is 0. The molecule has 0 aliphatic carbocycles. The molecule has 1 aliphatic rings. The van der Waals surface area contributed by atoms with E-state index in [1.165, 1.54) is 0 Å². The van der Waals surface area contributed by atoms with Crippen LogP contribution in [0.15, 0.2) is 18.3 Å². The monoisotopic (exact) mass is 375 g/mol. The Balaban J connectivity index is 1.95. The third-order valence-corrected chi connectivity index (χ3v) is 4.96. The summed E-state index contributed by atoms with van der Waals surface area (Å²) in [5, 5.41) is 12.5. The van der Waals surface area contributed by atoms with Gasteiger partial charge in [-0.15, -0.1) is 0 Å². The van der Waals surface area contributed by atoms with E-state index in [4.69, 9.17) is 0 Å². The Bertz CT molecular complexity index is 641. The zero-order valence-corrected chi connectivity index (χ0v) is 17.0. The highest BCUT2D eigenvalue weighted by molar-refractivity contribution is 5.94. The molecule has 1 aromatic heterocycles. The van der Waals surface area contributed by atoms with Gasteiger partial charge >= 0.3 is 0 Å². The first kappa shape index (κ1) is 21.4. The predicted molar refractivity (Wildman–Crippen MR) is 107 cm³/mol. The van der Waals surface area contributed by atoms with Gasteiger partial charge in [-0.3, -0.25) is 9.59 Å². The molecule has 1 saturated heterocycles. The fraction of sp³-hybridized carbons (Fsp3) is 0.667. The summed E-state index contributed by atoms with van der Waals surface area (Å²) < 4.78 is 0. The number of aliphatic hydroxyl groups excluding tert-OH is 1. The molecule has 0 radical (unpaired) electrons. The molecule has 0 unspecified atom stereocenters. The molecule has 2 N–H and O–H groups in total. The van der Waals surface area contributed by atoms with Crippen LogP contribution in [0, 0.1) is 17.3 Å². The summed E-state index contributed by atoms with van der Waals surface area (Å²) in [5.74, 6) is 1.19. The number of aliphatic hydroxyl groups is 1. The lowest BCUT2D eigenvalue weighted by atomic mass is 9.89. The van der Waals surface area contributed by atoms with Crippen molar-refractivity contribution in [2.75, 3.05) is 31.6 Å². The van der Waals surface area contributed by atoms with Gasteiger partial charge in [-0.2, -0.15) is 0 Å². The number of pyridine rings is 1. The van der Waals surface area contributed by atoms with Crippen LogP contribution in [-0.4, -0.2) is 52.9 Å². The summed E-state index contributed by atoms with van der Waals surface area (Å²) in [5.41, 5.74) is 0.306. The summed E-state index contributed by atoms with van der Waals surface area (Å²) >= 11 is 0. The van der Waals surface area contributed by atoms with Gasteiger partial charge in [0.25, 0.3) is 5.91 Å². The largest absolute Gasteiger partial charge is 0.396 e. The van der Waals surface area contributed by atoms with Gasteiger partial charge in [0.1, 0.15) is 11.6 Å². The topological polar surface area (TPSA) is 82.5 Å². The molecule has 1 aliphatic heterocycles. The second kappa shape index (κ2) is 9.31. The van der Waals surface area contributed by atoms with Crippen LogP contribution in [0.25, 0.3) is 0 Å². The van der Waals surface area contributed by atoms with Crippen LogP contribution >= 0.6 is 0 Å². The van der Waals surface area contributed by atoms with Crippen LogP contribution in [0.2, 0.25) is 0 Å². The van der Waals surface area contributed by atoms with Gasteiger partial charge in [0.15, 0.2) is 0 Å². The van der Waals surface area contributed by atoms with E-state index in [-0.39, 0.29) is 29.6 Å². The predicted octanol–water partition coefficient (Wildman–Crippen LogP) is 2.98. The minimum Gasteiger partial charge on any atom is -0.396 e. The number of hydrogen-bond donors (Lipinski definition) is 2. The molecule has 1 fully saturated rings. The zero-order chi connectivity index (χ0) is 20.0. The van der Waals surface area contributed by atoms with Crippen LogP contribution in [0.4, 0.5) is 5.82 Å². The number of amides is 1. The van der Waals surface area contributed by atoms with Crippen molar-refractivity contribution < 1.29 is 14.7 Å². The molecule has 1 amide bonds. The number of piperidine rings is 1. The third kappa shape index (κ3) is 6.31. The second-order valence-corrected chi connectivity index (χ2v) is 8.76. The second-order valence-electron chi connectivity index (χ2n) is 8.76. The molecular weight excluding hydrogens is 342 g/mol. The van der Waals surface area contributed by atoms with Crippen molar-refractivity contribution in [3.05, 3.63) is 23.9 Å². The molecule has 27 heavy (non-hydrogen) atoms. The van der Waals surface area contributed by atoms with Gasteiger partial charge in [0, 0.05) is 50.2 Å². The van der Waals surface area contributed by atoms with Crippen molar-refractivity contribution in [2.24, 2.45) is 17.3 Å². The summed E-state index contributed by atoms with van der Waals surface area (Å²) in [4.78, 5) is 31.2. The number of ketones is 1. The number of nitrogens with one attached hydrogen (secondary N) is 1. The van der Waals surface area contributed by atoms with E-state index >= 15 is 0 Å². The van der Waals surface area contributed by atoms with Crippen molar-refractivity contribution in [1.82, 2.24) is 9.88 Å². The van der Waals surface area contributed by atoms with Gasteiger partial charge in [0.05, 0.1) is 5.56 Å². The first-order valence-corrected chi connectivity index (χ1v) is 9.84. The fourth-order valence-electron chi connectivity index (χ4n) is 3.19. The van der Waals surface area contributed by atoms with Crippen molar-refractivity contribution in [3.63, 3.8) is 0 Å². The number of aromatic nitrogens is 1. The van der Waals surface area contributed by atoms with Crippen LogP contribution in [0.5, 0.6) is 0 Å². The lowest BCUT2D eigenvalue weighted by Gasteiger charge is -2.32. The van der Waals surface area contributed by atoms with Gasteiger partial charge in [-0.1, -0.05) is 27.7 Å². The molecule has 0 bridgehead atoms. The Morgan fingerprint density at radius 1 is 1.37 bits per heavy atom. The molecule has 6 nitrogen and oxygen atoms in total.